The fourth-order valence-corrected chi connectivity index (χ4v) is 2.08. The van der Waals surface area contributed by atoms with Gasteiger partial charge in [-0.3, -0.25) is 4.57 Å². The van der Waals surface area contributed by atoms with Gasteiger partial charge < -0.3 is 5.32 Å². The first-order valence-corrected chi connectivity index (χ1v) is 5.00. The van der Waals surface area contributed by atoms with E-state index >= 15 is 0 Å². The third kappa shape index (κ3) is 1.59. The summed E-state index contributed by atoms with van der Waals surface area (Å²) < 4.78 is 1.60. The Morgan fingerprint density at radius 2 is 2.29 bits per heavy atom. The molecule has 5 nitrogen and oxygen atoms in total. The number of hydrogen-bond donors (Lipinski definition) is 2. The summed E-state index contributed by atoms with van der Waals surface area (Å²) in [5.74, 6) is 1.89. The summed E-state index contributed by atoms with van der Waals surface area (Å²) >= 11 is 0. The molecular weight excluding hydrogens is 180 g/mol. The second kappa shape index (κ2) is 3.57. The van der Waals surface area contributed by atoms with Gasteiger partial charge in [-0.15, -0.1) is 0 Å². The van der Waals surface area contributed by atoms with Crippen LogP contribution in [0.1, 0.15) is 25.1 Å². The lowest BCUT2D eigenvalue weighted by Gasteiger charge is -2.26. The molecule has 2 atom stereocenters. The van der Waals surface area contributed by atoms with Crippen molar-refractivity contribution >= 4 is 0 Å². The van der Waals surface area contributed by atoms with E-state index < -0.39 is 0 Å². The number of piperidine rings is 1. The van der Waals surface area contributed by atoms with Crippen molar-refractivity contribution in [3.05, 3.63) is 16.3 Å². The second-order valence-corrected chi connectivity index (χ2v) is 4.14. The molecule has 0 unspecified atom stereocenters. The Balaban J connectivity index is 2.22. The molecule has 0 radical (unpaired) electrons. The van der Waals surface area contributed by atoms with Crippen LogP contribution in [0.2, 0.25) is 0 Å². The topological polar surface area (TPSA) is 62.7 Å². The first-order valence-electron chi connectivity index (χ1n) is 5.00. The van der Waals surface area contributed by atoms with Crippen LogP contribution in [-0.4, -0.2) is 27.9 Å². The number of aromatic amines is 1. The van der Waals surface area contributed by atoms with Gasteiger partial charge in [0.1, 0.15) is 5.82 Å². The van der Waals surface area contributed by atoms with E-state index in [1.165, 1.54) is 0 Å². The second-order valence-electron chi connectivity index (χ2n) is 4.14. The van der Waals surface area contributed by atoms with E-state index in [1.807, 2.05) is 0 Å². The van der Waals surface area contributed by atoms with Crippen molar-refractivity contribution in [2.24, 2.45) is 13.0 Å². The maximum absolute atomic E-state index is 11.2. The van der Waals surface area contributed by atoms with Gasteiger partial charge in [0.15, 0.2) is 0 Å². The highest BCUT2D eigenvalue weighted by Crippen LogP contribution is 2.23. The van der Waals surface area contributed by atoms with Crippen molar-refractivity contribution in [1.29, 1.82) is 0 Å². The standard InChI is InChI=1S/C9H16N4O/c1-6-3-7(5-10-4-6)8-11-12-9(14)13(8)2/h6-7,10H,3-5H2,1-2H3,(H,12,14)/t6-,7+/m1/s1. The number of aromatic nitrogens is 3. The van der Waals surface area contributed by atoms with Crippen LogP contribution in [0.5, 0.6) is 0 Å². The van der Waals surface area contributed by atoms with Crippen LogP contribution in [0.15, 0.2) is 4.79 Å². The molecule has 1 aliphatic rings. The summed E-state index contributed by atoms with van der Waals surface area (Å²) in [6.45, 7) is 4.20. The highest BCUT2D eigenvalue weighted by atomic mass is 16.1. The Hall–Kier alpha value is -1.10. The molecule has 0 aliphatic carbocycles. The van der Waals surface area contributed by atoms with Crippen molar-refractivity contribution in [3.8, 4) is 0 Å². The number of hydrogen-bond acceptors (Lipinski definition) is 3. The first kappa shape index (κ1) is 9.45. The molecule has 1 saturated heterocycles. The van der Waals surface area contributed by atoms with Crippen LogP contribution < -0.4 is 11.0 Å². The van der Waals surface area contributed by atoms with E-state index in [0.29, 0.717) is 11.8 Å². The molecule has 2 heterocycles. The first-order chi connectivity index (χ1) is 6.68. The van der Waals surface area contributed by atoms with Crippen molar-refractivity contribution in [2.45, 2.75) is 19.3 Å². The minimum Gasteiger partial charge on any atom is -0.316 e. The minimum absolute atomic E-state index is 0.127. The lowest BCUT2D eigenvalue weighted by atomic mass is 9.91. The molecule has 0 aromatic carbocycles. The van der Waals surface area contributed by atoms with Crippen molar-refractivity contribution < 1.29 is 0 Å². The smallest absolute Gasteiger partial charge is 0.316 e. The summed E-state index contributed by atoms with van der Waals surface area (Å²) in [6.07, 6.45) is 1.10. The Morgan fingerprint density at radius 3 is 2.86 bits per heavy atom. The molecule has 0 saturated carbocycles. The SMILES string of the molecule is C[C@H]1CNC[C@@H](c2n[nH]c(=O)n2C)C1. The minimum atomic E-state index is -0.127. The Morgan fingerprint density at radius 1 is 1.50 bits per heavy atom. The third-order valence-corrected chi connectivity index (χ3v) is 2.85. The van der Waals surface area contributed by atoms with Crippen molar-refractivity contribution in [3.63, 3.8) is 0 Å². The van der Waals surface area contributed by atoms with E-state index in [2.05, 4.69) is 22.4 Å². The maximum atomic E-state index is 11.2. The van der Waals surface area contributed by atoms with Gasteiger partial charge in [0.05, 0.1) is 0 Å². The highest BCUT2D eigenvalue weighted by Gasteiger charge is 2.23. The number of nitrogens with zero attached hydrogens (tertiary/aromatic N) is 2. The average Bonchev–Trinajstić information content (AvgIpc) is 2.48. The number of H-pyrrole nitrogens is 1. The zero-order valence-corrected chi connectivity index (χ0v) is 8.58. The number of rotatable bonds is 1. The summed E-state index contributed by atoms with van der Waals surface area (Å²) in [5, 5.41) is 9.89. The summed E-state index contributed by atoms with van der Waals surface area (Å²) in [6, 6.07) is 0. The van der Waals surface area contributed by atoms with Gasteiger partial charge in [-0.1, -0.05) is 6.92 Å². The summed E-state index contributed by atoms with van der Waals surface area (Å²) in [7, 11) is 1.76. The predicted molar refractivity (Wildman–Crippen MR) is 53.2 cm³/mol. The van der Waals surface area contributed by atoms with Gasteiger partial charge in [0, 0.05) is 19.5 Å². The van der Waals surface area contributed by atoms with Gasteiger partial charge in [0.2, 0.25) is 0 Å². The fraction of sp³-hybridized carbons (Fsp3) is 0.778. The predicted octanol–water partition coefficient (Wildman–Crippen LogP) is -0.179. The van der Waals surface area contributed by atoms with Gasteiger partial charge in [-0.05, 0) is 18.9 Å². The normalized spacial score (nSPS) is 27.9. The van der Waals surface area contributed by atoms with E-state index in [4.69, 9.17) is 0 Å². The molecule has 0 bridgehead atoms. The monoisotopic (exact) mass is 196 g/mol. The lowest BCUT2D eigenvalue weighted by Crippen LogP contribution is -2.35. The van der Waals surface area contributed by atoms with E-state index in [0.717, 1.165) is 25.3 Å². The Labute approximate surface area is 82.5 Å². The van der Waals surface area contributed by atoms with Gasteiger partial charge in [0.25, 0.3) is 0 Å². The van der Waals surface area contributed by atoms with Gasteiger partial charge >= 0.3 is 5.69 Å². The van der Waals surface area contributed by atoms with E-state index in [9.17, 15) is 4.79 Å². The molecular formula is C9H16N4O. The molecule has 78 valence electrons. The van der Waals surface area contributed by atoms with Crippen LogP contribution in [0, 0.1) is 5.92 Å². The van der Waals surface area contributed by atoms with Crippen LogP contribution in [0.3, 0.4) is 0 Å². The maximum Gasteiger partial charge on any atom is 0.343 e. The quantitative estimate of drug-likeness (QED) is 0.655. The lowest BCUT2D eigenvalue weighted by molar-refractivity contribution is 0.350. The summed E-state index contributed by atoms with van der Waals surface area (Å²) in [5.41, 5.74) is -0.127. The van der Waals surface area contributed by atoms with Crippen LogP contribution in [0.4, 0.5) is 0 Å². The van der Waals surface area contributed by atoms with Crippen LogP contribution in [0.25, 0.3) is 0 Å². The Bertz CT molecular complexity index is 367. The Kier molecular flexibility index (Phi) is 2.41. The zero-order valence-electron chi connectivity index (χ0n) is 8.58. The van der Waals surface area contributed by atoms with Crippen LogP contribution >= 0.6 is 0 Å². The molecule has 1 fully saturated rings. The highest BCUT2D eigenvalue weighted by molar-refractivity contribution is 4.99. The van der Waals surface area contributed by atoms with Gasteiger partial charge in [-0.2, -0.15) is 5.10 Å². The van der Waals surface area contributed by atoms with Gasteiger partial charge in [-0.25, -0.2) is 9.89 Å². The molecule has 14 heavy (non-hydrogen) atoms. The largest absolute Gasteiger partial charge is 0.343 e. The molecule has 1 aromatic rings. The zero-order chi connectivity index (χ0) is 10.1. The fourth-order valence-electron chi connectivity index (χ4n) is 2.08. The molecule has 2 N–H and O–H groups in total. The molecule has 2 rings (SSSR count). The molecule has 1 aromatic heterocycles. The average molecular weight is 196 g/mol. The number of nitrogens with one attached hydrogen (secondary N) is 2. The molecule has 0 amide bonds. The van der Waals surface area contributed by atoms with E-state index in [-0.39, 0.29) is 5.69 Å². The molecule has 0 spiro atoms. The molecule has 5 heteroatoms. The third-order valence-electron chi connectivity index (χ3n) is 2.85. The van der Waals surface area contributed by atoms with Crippen molar-refractivity contribution in [1.82, 2.24) is 20.1 Å². The van der Waals surface area contributed by atoms with Crippen LogP contribution in [-0.2, 0) is 7.05 Å². The van der Waals surface area contributed by atoms with Crippen molar-refractivity contribution in [2.75, 3.05) is 13.1 Å². The van der Waals surface area contributed by atoms with E-state index in [1.54, 1.807) is 11.6 Å². The molecule has 1 aliphatic heterocycles. The summed E-state index contributed by atoms with van der Waals surface area (Å²) in [4.78, 5) is 11.2.